The summed E-state index contributed by atoms with van der Waals surface area (Å²) in [6.07, 6.45) is 1.07. The summed E-state index contributed by atoms with van der Waals surface area (Å²) in [5, 5.41) is 1.08. The first kappa shape index (κ1) is 9.78. The van der Waals surface area contributed by atoms with Crippen molar-refractivity contribution in [2.45, 2.75) is 11.3 Å². The van der Waals surface area contributed by atoms with Crippen LogP contribution in [0.4, 0.5) is 0 Å². The number of aromatic nitrogens is 1. The van der Waals surface area contributed by atoms with E-state index in [-0.39, 0.29) is 5.97 Å². The SMILES string of the molecule is COC(=O)c1cc2ccc3c(c2[nH]1)CCS3. The minimum atomic E-state index is -0.310. The van der Waals surface area contributed by atoms with E-state index in [2.05, 4.69) is 17.1 Å². The van der Waals surface area contributed by atoms with Gasteiger partial charge in [0.2, 0.25) is 0 Å². The third kappa shape index (κ3) is 1.33. The topological polar surface area (TPSA) is 42.1 Å². The maximum absolute atomic E-state index is 11.4. The number of hydrogen-bond donors (Lipinski definition) is 1. The molecule has 0 radical (unpaired) electrons. The molecule has 1 N–H and O–H groups in total. The number of carbonyl (C=O) groups is 1. The second-order valence-corrected chi connectivity index (χ2v) is 4.92. The number of benzene rings is 1. The Morgan fingerprint density at radius 3 is 3.19 bits per heavy atom. The largest absolute Gasteiger partial charge is 0.464 e. The van der Waals surface area contributed by atoms with Gasteiger partial charge in [-0.2, -0.15) is 0 Å². The minimum Gasteiger partial charge on any atom is -0.464 e. The molecule has 0 unspecified atom stereocenters. The molecule has 3 nitrogen and oxygen atoms in total. The van der Waals surface area contributed by atoms with Crippen LogP contribution < -0.4 is 0 Å². The van der Waals surface area contributed by atoms with Gasteiger partial charge < -0.3 is 9.72 Å². The van der Waals surface area contributed by atoms with Gasteiger partial charge in [-0.3, -0.25) is 0 Å². The molecule has 0 amide bonds. The number of nitrogens with one attached hydrogen (secondary N) is 1. The molecule has 2 heterocycles. The average molecular weight is 233 g/mol. The van der Waals surface area contributed by atoms with Crippen molar-refractivity contribution in [3.63, 3.8) is 0 Å². The molecule has 4 heteroatoms. The molecule has 2 aromatic rings. The van der Waals surface area contributed by atoms with Gasteiger partial charge in [0.25, 0.3) is 0 Å². The fourth-order valence-corrected chi connectivity index (χ4v) is 3.18. The third-order valence-electron chi connectivity index (χ3n) is 2.88. The van der Waals surface area contributed by atoms with E-state index in [0.717, 1.165) is 23.1 Å². The number of carbonyl (C=O) groups excluding carboxylic acids is 1. The Kier molecular flexibility index (Phi) is 2.17. The Hall–Kier alpha value is -1.42. The van der Waals surface area contributed by atoms with Gasteiger partial charge in [0, 0.05) is 16.0 Å². The van der Waals surface area contributed by atoms with Gasteiger partial charge in [0.05, 0.1) is 12.6 Å². The average Bonchev–Trinajstić information content (AvgIpc) is 2.92. The molecule has 0 aliphatic carbocycles. The summed E-state index contributed by atoms with van der Waals surface area (Å²) in [5.41, 5.74) is 2.95. The number of hydrogen-bond acceptors (Lipinski definition) is 3. The quantitative estimate of drug-likeness (QED) is 0.770. The van der Waals surface area contributed by atoms with E-state index in [0.29, 0.717) is 5.69 Å². The van der Waals surface area contributed by atoms with Gasteiger partial charge >= 0.3 is 5.97 Å². The predicted molar refractivity (Wildman–Crippen MR) is 64.1 cm³/mol. The summed E-state index contributed by atoms with van der Waals surface area (Å²) in [4.78, 5) is 15.9. The maximum Gasteiger partial charge on any atom is 0.354 e. The molecular weight excluding hydrogens is 222 g/mol. The second kappa shape index (κ2) is 3.56. The van der Waals surface area contributed by atoms with Crippen molar-refractivity contribution in [3.8, 4) is 0 Å². The molecule has 1 aliphatic rings. The molecule has 1 aliphatic heterocycles. The number of thioether (sulfide) groups is 1. The highest BCUT2D eigenvalue weighted by Crippen LogP contribution is 2.36. The predicted octanol–water partition coefficient (Wildman–Crippen LogP) is 2.60. The van der Waals surface area contributed by atoms with Crippen molar-refractivity contribution in [1.82, 2.24) is 4.98 Å². The van der Waals surface area contributed by atoms with Gasteiger partial charge in [-0.1, -0.05) is 6.07 Å². The van der Waals surface area contributed by atoms with Crippen LogP contribution >= 0.6 is 11.8 Å². The first-order valence-electron chi connectivity index (χ1n) is 5.15. The number of aryl methyl sites for hydroxylation is 1. The van der Waals surface area contributed by atoms with Crippen LogP contribution in [0.5, 0.6) is 0 Å². The van der Waals surface area contributed by atoms with E-state index >= 15 is 0 Å². The van der Waals surface area contributed by atoms with Crippen molar-refractivity contribution in [2.24, 2.45) is 0 Å². The minimum absolute atomic E-state index is 0.310. The first-order valence-corrected chi connectivity index (χ1v) is 6.14. The monoisotopic (exact) mass is 233 g/mol. The first-order chi connectivity index (χ1) is 7.79. The normalized spacial score (nSPS) is 14.1. The zero-order chi connectivity index (χ0) is 11.1. The molecular formula is C12H11NO2S. The number of methoxy groups -OCH3 is 1. The zero-order valence-electron chi connectivity index (χ0n) is 8.87. The number of esters is 1. The summed E-state index contributed by atoms with van der Waals surface area (Å²) in [7, 11) is 1.40. The summed E-state index contributed by atoms with van der Waals surface area (Å²) < 4.78 is 4.71. The Labute approximate surface area is 97.2 Å². The van der Waals surface area contributed by atoms with Crippen LogP contribution in [0.1, 0.15) is 16.1 Å². The molecule has 0 bridgehead atoms. The van der Waals surface area contributed by atoms with Crippen molar-refractivity contribution in [2.75, 3.05) is 12.9 Å². The number of ether oxygens (including phenoxy) is 1. The van der Waals surface area contributed by atoms with Crippen LogP contribution in [0.2, 0.25) is 0 Å². The van der Waals surface area contributed by atoms with Gasteiger partial charge in [-0.15, -0.1) is 11.8 Å². The number of H-pyrrole nitrogens is 1. The Morgan fingerprint density at radius 1 is 1.50 bits per heavy atom. The summed E-state index contributed by atoms with van der Waals surface area (Å²) in [6.45, 7) is 0. The Bertz CT molecular complexity index is 574. The highest BCUT2D eigenvalue weighted by molar-refractivity contribution is 7.99. The highest BCUT2D eigenvalue weighted by Gasteiger charge is 2.17. The lowest BCUT2D eigenvalue weighted by atomic mass is 10.1. The standard InChI is InChI=1S/C12H11NO2S/c1-15-12(14)9-6-7-2-3-10-8(4-5-16-10)11(7)13-9/h2-3,6,13H,4-5H2,1H3. The van der Waals surface area contributed by atoms with Gasteiger partial charge in [-0.05, 0) is 24.1 Å². The molecule has 16 heavy (non-hydrogen) atoms. The molecule has 0 saturated heterocycles. The summed E-state index contributed by atoms with van der Waals surface area (Å²) >= 11 is 1.87. The van der Waals surface area contributed by atoms with Crippen LogP contribution in [0.3, 0.4) is 0 Å². The van der Waals surface area contributed by atoms with Crippen molar-refractivity contribution < 1.29 is 9.53 Å². The second-order valence-electron chi connectivity index (χ2n) is 3.78. The molecule has 0 atom stereocenters. The molecule has 1 aromatic carbocycles. The Balaban J connectivity index is 2.21. The maximum atomic E-state index is 11.4. The fourth-order valence-electron chi connectivity index (χ4n) is 2.11. The molecule has 0 saturated carbocycles. The highest BCUT2D eigenvalue weighted by atomic mass is 32.2. The van der Waals surface area contributed by atoms with Gasteiger partial charge in [0.15, 0.2) is 0 Å². The van der Waals surface area contributed by atoms with E-state index in [9.17, 15) is 4.79 Å². The zero-order valence-corrected chi connectivity index (χ0v) is 9.69. The Morgan fingerprint density at radius 2 is 2.38 bits per heavy atom. The summed E-state index contributed by atoms with van der Waals surface area (Å²) in [5.74, 6) is 0.816. The van der Waals surface area contributed by atoms with E-state index in [1.165, 1.54) is 17.6 Å². The third-order valence-corrected chi connectivity index (χ3v) is 3.98. The molecule has 1 aromatic heterocycles. The lowest BCUT2D eigenvalue weighted by Gasteiger charge is -1.98. The van der Waals surface area contributed by atoms with Crippen LogP contribution in [-0.4, -0.2) is 23.8 Å². The van der Waals surface area contributed by atoms with Crippen molar-refractivity contribution in [1.29, 1.82) is 0 Å². The van der Waals surface area contributed by atoms with Crippen LogP contribution in [-0.2, 0) is 11.2 Å². The van der Waals surface area contributed by atoms with Crippen LogP contribution in [0, 0.1) is 0 Å². The van der Waals surface area contributed by atoms with E-state index in [1.807, 2.05) is 17.8 Å². The van der Waals surface area contributed by atoms with E-state index in [4.69, 9.17) is 4.74 Å². The van der Waals surface area contributed by atoms with Crippen LogP contribution in [0.25, 0.3) is 10.9 Å². The van der Waals surface area contributed by atoms with Crippen molar-refractivity contribution >= 4 is 28.6 Å². The molecule has 3 rings (SSSR count). The van der Waals surface area contributed by atoms with E-state index in [1.54, 1.807) is 0 Å². The number of rotatable bonds is 1. The van der Waals surface area contributed by atoms with Gasteiger partial charge in [-0.25, -0.2) is 4.79 Å². The lowest BCUT2D eigenvalue weighted by Crippen LogP contribution is -2.00. The number of fused-ring (bicyclic) bond motifs is 3. The van der Waals surface area contributed by atoms with E-state index < -0.39 is 0 Å². The summed E-state index contributed by atoms with van der Waals surface area (Å²) in [6, 6.07) is 6.03. The van der Waals surface area contributed by atoms with Gasteiger partial charge in [0.1, 0.15) is 5.69 Å². The smallest absolute Gasteiger partial charge is 0.354 e. The number of aromatic amines is 1. The lowest BCUT2D eigenvalue weighted by molar-refractivity contribution is 0.0595. The van der Waals surface area contributed by atoms with Crippen LogP contribution in [0.15, 0.2) is 23.1 Å². The molecule has 0 fully saturated rings. The molecule has 0 spiro atoms. The molecule has 82 valence electrons. The fraction of sp³-hybridized carbons (Fsp3) is 0.250. The van der Waals surface area contributed by atoms with Crippen molar-refractivity contribution in [3.05, 3.63) is 29.5 Å².